The van der Waals surface area contributed by atoms with Crippen molar-refractivity contribution >= 4 is 5.91 Å². The molecule has 4 nitrogen and oxygen atoms in total. The predicted molar refractivity (Wildman–Crippen MR) is 55.3 cm³/mol. The fraction of sp³-hybridized carbons (Fsp3) is 0.900. The summed E-state index contributed by atoms with van der Waals surface area (Å²) in [5.41, 5.74) is 2.29. The van der Waals surface area contributed by atoms with E-state index in [4.69, 9.17) is 10.5 Å². The van der Waals surface area contributed by atoms with Gasteiger partial charge in [-0.1, -0.05) is 6.92 Å². The maximum Gasteiger partial charge on any atom is 0.415 e. The van der Waals surface area contributed by atoms with Gasteiger partial charge in [0.15, 0.2) is 5.54 Å². The number of carbonyl (C=O) groups excluding carboxylic acids is 1. The van der Waals surface area contributed by atoms with Crippen molar-refractivity contribution in [3.63, 3.8) is 0 Å². The average molecular weight is 254 g/mol. The Morgan fingerprint density at radius 3 is 2.59 bits per heavy atom. The highest BCUT2D eigenvalue weighted by molar-refractivity contribution is 5.87. The van der Waals surface area contributed by atoms with E-state index in [0.29, 0.717) is 13.3 Å². The smallest absolute Gasteiger partial charge is 0.377 e. The molecule has 1 saturated heterocycles. The Balaban J connectivity index is 2.87. The lowest BCUT2D eigenvalue weighted by atomic mass is 9.99. The summed E-state index contributed by atoms with van der Waals surface area (Å²) in [5.74, 6) is -1.08. The molecule has 1 aliphatic heterocycles. The van der Waals surface area contributed by atoms with Gasteiger partial charge in [-0.15, -0.1) is 0 Å². The van der Waals surface area contributed by atoms with Crippen molar-refractivity contribution in [1.29, 1.82) is 0 Å². The van der Waals surface area contributed by atoms with Crippen LogP contribution in [0.2, 0.25) is 0 Å². The van der Waals surface area contributed by atoms with Crippen molar-refractivity contribution in [2.75, 3.05) is 19.8 Å². The molecule has 100 valence electrons. The molecule has 17 heavy (non-hydrogen) atoms. The van der Waals surface area contributed by atoms with Gasteiger partial charge in [0.2, 0.25) is 0 Å². The van der Waals surface area contributed by atoms with Crippen molar-refractivity contribution in [3.05, 3.63) is 0 Å². The molecule has 0 bridgehead atoms. The molecule has 1 rings (SSSR count). The second-order valence-electron chi connectivity index (χ2n) is 4.34. The van der Waals surface area contributed by atoms with Crippen LogP contribution in [-0.4, -0.2) is 48.3 Å². The monoisotopic (exact) mass is 254 g/mol. The van der Waals surface area contributed by atoms with Crippen LogP contribution in [0.15, 0.2) is 0 Å². The second-order valence-corrected chi connectivity index (χ2v) is 4.34. The van der Waals surface area contributed by atoms with Gasteiger partial charge in [0.05, 0.1) is 19.3 Å². The molecule has 1 heterocycles. The zero-order valence-corrected chi connectivity index (χ0v) is 9.88. The SMILES string of the molecule is CCC1COCCN1C(=O)C(C)(N)C(F)(F)F. The van der Waals surface area contributed by atoms with E-state index in [1.165, 1.54) is 4.90 Å². The zero-order valence-electron chi connectivity index (χ0n) is 9.88. The molecule has 1 aliphatic rings. The summed E-state index contributed by atoms with van der Waals surface area (Å²) in [6, 6.07) is -0.332. The maximum atomic E-state index is 12.7. The molecule has 0 spiro atoms. The number of amides is 1. The highest BCUT2D eigenvalue weighted by Crippen LogP contribution is 2.30. The average Bonchev–Trinajstić information content (AvgIpc) is 2.26. The third-order valence-electron chi connectivity index (χ3n) is 2.99. The fourth-order valence-corrected chi connectivity index (χ4v) is 1.68. The number of carbonyl (C=O) groups is 1. The lowest BCUT2D eigenvalue weighted by molar-refractivity contribution is -0.197. The molecule has 2 atom stereocenters. The van der Waals surface area contributed by atoms with Crippen molar-refractivity contribution in [2.24, 2.45) is 5.73 Å². The number of nitrogens with zero attached hydrogens (tertiary/aromatic N) is 1. The lowest BCUT2D eigenvalue weighted by Gasteiger charge is -2.40. The van der Waals surface area contributed by atoms with Crippen LogP contribution in [-0.2, 0) is 9.53 Å². The van der Waals surface area contributed by atoms with Gasteiger partial charge in [-0.2, -0.15) is 13.2 Å². The first-order valence-corrected chi connectivity index (χ1v) is 5.46. The first kappa shape index (κ1) is 14.2. The van der Waals surface area contributed by atoms with E-state index in [1.54, 1.807) is 6.92 Å². The summed E-state index contributed by atoms with van der Waals surface area (Å²) in [7, 11) is 0. The maximum absolute atomic E-state index is 12.7. The van der Waals surface area contributed by atoms with E-state index >= 15 is 0 Å². The molecule has 0 saturated carbocycles. The highest BCUT2D eigenvalue weighted by atomic mass is 19.4. The standard InChI is InChI=1S/C10H17F3N2O2/c1-3-7-6-17-5-4-15(7)8(16)9(2,14)10(11,12)13/h7H,3-6,14H2,1-2H3. The van der Waals surface area contributed by atoms with Crippen molar-refractivity contribution in [2.45, 2.75) is 38.0 Å². The molecule has 0 radical (unpaired) electrons. The predicted octanol–water partition coefficient (Wildman–Crippen LogP) is 0.903. The van der Waals surface area contributed by atoms with Gasteiger partial charge in [-0.3, -0.25) is 4.79 Å². The minimum atomic E-state index is -4.75. The summed E-state index contributed by atoms with van der Waals surface area (Å²) < 4.78 is 43.1. The van der Waals surface area contributed by atoms with E-state index in [1.807, 2.05) is 0 Å². The number of hydrogen-bond acceptors (Lipinski definition) is 3. The van der Waals surface area contributed by atoms with Crippen LogP contribution >= 0.6 is 0 Å². The van der Waals surface area contributed by atoms with Crippen molar-refractivity contribution in [3.8, 4) is 0 Å². The quantitative estimate of drug-likeness (QED) is 0.796. The number of hydrogen-bond donors (Lipinski definition) is 1. The van der Waals surface area contributed by atoms with E-state index in [2.05, 4.69) is 0 Å². The molecule has 1 fully saturated rings. The van der Waals surface area contributed by atoms with Gasteiger partial charge < -0.3 is 15.4 Å². The Morgan fingerprint density at radius 1 is 1.53 bits per heavy atom. The number of nitrogens with two attached hydrogens (primary N) is 1. The van der Waals surface area contributed by atoms with Crippen LogP contribution in [0.1, 0.15) is 20.3 Å². The molecule has 7 heteroatoms. The first-order valence-electron chi connectivity index (χ1n) is 5.46. The summed E-state index contributed by atoms with van der Waals surface area (Å²) in [4.78, 5) is 13.0. The number of morpholine rings is 1. The number of rotatable bonds is 2. The highest BCUT2D eigenvalue weighted by Gasteiger charge is 2.56. The van der Waals surface area contributed by atoms with E-state index in [-0.39, 0.29) is 25.8 Å². The molecule has 0 aliphatic carbocycles. The van der Waals surface area contributed by atoms with Gasteiger partial charge in [0.1, 0.15) is 0 Å². The van der Waals surface area contributed by atoms with Crippen molar-refractivity contribution in [1.82, 2.24) is 4.90 Å². The van der Waals surface area contributed by atoms with Gasteiger partial charge >= 0.3 is 6.18 Å². The van der Waals surface area contributed by atoms with Crippen LogP contribution < -0.4 is 5.73 Å². The third kappa shape index (κ3) is 2.71. The van der Waals surface area contributed by atoms with Gasteiger partial charge in [-0.25, -0.2) is 0 Å². The largest absolute Gasteiger partial charge is 0.415 e. The normalized spacial score (nSPS) is 25.5. The topological polar surface area (TPSA) is 55.6 Å². The minimum absolute atomic E-state index is 0.153. The van der Waals surface area contributed by atoms with E-state index in [0.717, 1.165) is 0 Å². The Labute approximate surface area is 97.9 Å². The Kier molecular flexibility index (Phi) is 4.03. The molecular formula is C10H17F3N2O2. The van der Waals surface area contributed by atoms with Crippen molar-refractivity contribution < 1.29 is 22.7 Å². The number of alkyl halides is 3. The minimum Gasteiger partial charge on any atom is -0.377 e. The third-order valence-corrected chi connectivity index (χ3v) is 2.99. The summed E-state index contributed by atoms with van der Waals surface area (Å²) in [6.45, 7) is 3.16. The second kappa shape index (κ2) is 4.81. The Bertz CT molecular complexity index is 292. The van der Waals surface area contributed by atoms with Crippen LogP contribution in [0, 0.1) is 0 Å². The fourth-order valence-electron chi connectivity index (χ4n) is 1.68. The Morgan fingerprint density at radius 2 is 2.12 bits per heavy atom. The van der Waals surface area contributed by atoms with Gasteiger partial charge in [0, 0.05) is 6.54 Å². The molecule has 2 N–H and O–H groups in total. The van der Waals surface area contributed by atoms with E-state index < -0.39 is 17.6 Å². The molecule has 1 amide bonds. The molecule has 2 unspecified atom stereocenters. The number of ether oxygens (including phenoxy) is 1. The zero-order chi connectivity index (χ0) is 13.3. The summed E-state index contributed by atoms with van der Waals surface area (Å²) >= 11 is 0. The van der Waals surface area contributed by atoms with Crippen LogP contribution in [0.4, 0.5) is 13.2 Å². The van der Waals surface area contributed by atoms with Crippen LogP contribution in [0.5, 0.6) is 0 Å². The first-order chi connectivity index (χ1) is 7.71. The van der Waals surface area contributed by atoms with Gasteiger partial charge in [0.25, 0.3) is 5.91 Å². The van der Waals surface area contributed by atoms with E-state index in [9.17, 15) is 18.0 Å². The number of halogens is 3. The summed E-state index contributed by atoms with van der Waals surface area (Å²) in [5, 5.41) is 0. The Hall–Kier alpha value is -0.820. The lowest BCUT2D eigenvalue weighted by Crippen LogP contribution is -2.65. The van der Waals surface area contributed by atoms with Gasteiger partial charge in [-0.05, 0) is 13.3 Å². The van der Waals surface area contributed by atoms with Crippen LogP contribution in [0.25, 0.3) is 0 Å². The molecule has 0 aromatic heterocycles. The van der Waals surface area contributed by atoms with Crippen LogP contribution in [0.3, 0.4) is 0 Å². The summed E-state index contributed by atoms with van der Waals surface area (Å²) in [6.07, 6.45) is -4.21. The molecular weight excluding hydrogens is 237 g/mol. The molecule has 0 aromatic rings. The molecule has 0 aromatic carbocycles.